The molecule has 0 unspecified atom stereocenters. The fraction of sp³-hybridized carbons (Fsp3) is 0.300. The van der Waals surface area contributed by atoms with Crippen molar-refractivity contribution in [3.63, 3.8) is 0 Å². The minimum atomic E-state index is -0.843. The number of urea groups is 1. The maximum absolute atomic E-state index is 13.9. The number of nitrogens with one attached hydrogen (secondary N) is 3. The Labute approximate surface area is 218 Å². The number of carbonyl (C=O) groups excluding carboxylic acids is 3. The molecule has 7 nitrogen and oxygen atoms in total. The highest BCUT2D eigenvalue weighted by Gasteiger charge is 2.37. The molecule has 1 aliphatic heterocycles. The van der Waals surface area contributed by atoms with Gasteiger partial charge in [0, 0.05) is 22.8 Å². The Kier molecular flexibility index (Phi) is 7.62. The molecule has 2 atom stereocenters. The van der Waals surface area contributed by atoms with E-state index >= 15 is 0 Å². The van der Waals surface area contributed by atoms with Gasteiger partial charge in [-0.1, -0.05) is 60.7 Å². The molecule has 3 aromatic rings. The summed E-state index contributed by atoms with van der Waals surface area (Å²) in [7, 11) is 0. The van der Waals surface area contributed by atoms with E-state index in [-0.39, 0.29) is 24.3 Å². The smallest absolute Gasteiger partial charge is 0.319 e. The van der Waals surface area contributed by atoms with Gasteiger partial charge in [-0.2, -0.15) is 0 Å². The number of nitrogens with zero attached hydrogens (tertiary/aromatic N) is 1. The Morgan fingerprint density at radius 2 is 1.65 bits per heavy atom. The molecule has 1 heterocycles. The van der Waals surface area contributed by atoms with Crippen molar-refractivity contribution in [1.82, 2.24) is 10.6 Å². The minimum Gasteiger partial charge on any atom is -0.350 e. The summed E-state index contributed by atoms with van der Waals surface area (Å²) in [5.41, 5.74) is 3.86. The highest BCUT2D eigenvalue weighted by molar-refractivity contribution is 6.05. The Bertz CT molecular complexity index is 1280. The summed E-state index contributed by atoms with van der Waals surface area (Å²) in [6.45, 7) is 7.49. The highest BCUT2D eigenvalue weighted by Crippen LogP contribution is 2.39. The van der Waals surface area contributed by atoms with Crippen LogP contribution in [0.15, 0.2) is 78.9 Å². The van der Waals surface area contributed by atoms with Crippen LogP contribution < -0.4 is 20.9 Å². The van der Waals surface area contributed by atoms with Crippen molar-refractivity contribution in [2.75, 3.05) is 16.8 Å². The van der Waals surface area contributed by atoms with Crippen LogP contribution in [0.25, 0.3) is 0 Å². The molecule has 0 aliphatic carbocycles. The van der Waals surface area contributed by atoms with Crippen molar-refractivity contribution in [2.45, 2.75) is 51.6 Å². The number of rotatable bonds is 5. The van der Waals surface area contributed by atoms with Crippen molar-refractivity contribution in [3.8, 4) is 0 Å². The van der Waals surface area contributed by atoms with Gasteiger partial charge in [-0.25, -0.2) is 4.79 Å². The standard InChI is InChI=1S/C30H34N4O3/c1-20-11-10-14-22(17-20)31-29(37)32-25-18-24(21-12-6-5-7-13-21)23-15-8-9-16-26(23)34(28(25)36)19-27(35)33-30(2,3)4/h5-17,24-25H,18-19H2,1-4H3,(H,33,35)(H2,31,32,37)/t24-,25-/m1/s1. The molecule has 0 aromatic heterocycles. The van der Waals surface area contributed by atoms with Crippen LogP contribution in [0.5, 0.6) is 0 Å². The van der Waals surface area contributed by atoms with Gasteiger partial charge in [-0.3, -0.25) is 9.59 Å². The van der Waals surface area contributed by atoms with Gasteiger partial charge >= 0.3 is 6.03 Å². The molecule has 1 aliphatic rings. The quantitative estimate of drug-likeness (QED) is 0.464. The molecule has 0 saturated heterocycles. The summed E-state index contributed by atoms with van der Waals surface area (Å²) in [6, 6.07) is 23.7. The largest absolute Gasteiger partial charge is 0.350 e. The number of para-hydroxylation sites is 1. The second kappa shape index (κ2) is 10.9. The average molecular weight is 499 g/mol. The molecule has 0 spiro atoms. The van der Waals surface area contributed by atoms with Crippen LogP contribution in [-0.2, 0) is 9.59 Å². The lowest BCUT2D eigenvalue weighted by atomic mass is 9.86. The fourth-order valence-corrected chi connectivity index (χ4v) is 4.73. The number of amides is 4. The van der Waals surface area contributed by atoms with E-state index in [0.29, 0.717) is 17.8 Å². The Hall–Kier alpha value is -4.13. The van der Waals surface area contributed by atoms with Gasteiger partial charge in [0.05, 0.1) is 0 Å². The SMILES string of the molecule is Cc1cccc(NC(=O)N[C@@H]2C[C@H](c3ccccc3)c3ccccc3N(CC(=O)NC(C)(C)C)C2=O)c1. The maximum atomic E-state index is 13.9. The number of benzene rings is 3. The average Bonchev–Trinajstić information content (AvgIpc) is 2.94. The van der Waals surface area contributed by atoms with E-state index in [0.717, 1.165) is 16.7 Å². The summed E-state index contributed by atoms with van der Waals surface area (Å²) >= 11 is 0. The third kappa shape index (κ3) is 6.55. The van der Waals surface area contributed by atoms with E-state index in [1.165, 1.54) is 4.90 Å². The molecule has 3 N–H and O–H groups in total. The lowest BCUT2D eigenvalue weighted by molar-refractivity contribution is -0.125. The summed E-state index contributed by atoms with van der Waals surface area (Å²) in [4.78, 5) is 41.4. The molecule has 0 bridgehead atoms. The van der Waals surface area contributed by atoms with E-state index in [2.05, 4.69) is 16.0 Å². The zero-order valence-electron chi connectivity index (χ0n) is 21.7. The third-order valence-electron chi connectivity index (χ3n) is 6.24. The van der Waals surface area contributed by atoms with Crippen LogP contribution in [0.3, 0.4) is 0 Å². The molecule has 0 radical (unpaired) electrons. The van der Waals surface area contributed by atoms with Gasteiger partial charge in [0.1, 0.15) is 12.6 Å². The van der Waals surface area contributed by atoms with Gasteiger partial charge in [-0.05, 0) is 69.0 Å². The molecule has 192 valence electrons. The van der Waals surface area contributed by atoms with Crippen LogP contribution in [-0.4, -0.2) is 36.0 Å². The lowest BCUT2D eigenvalue weighted by Crippen LogP contribution is -2.53. The predicted molar refractivity (Wildman–Crippen MR) is 147 cm³/mol. The van der Waals surface area contributed by atoms with E-state index in [4.69, 9.17) is 0 Å². The van der Waals surface area contributed by atoms with E-state index < -0.39 is 17.6 Å². The number of carbonyl (C=O) groups is 3. The molecule has 37 heavy (non-hydrogen) atoms. The first-order valence-electron chi connectivity index (χ1n) is 12.5. The van der Waals surface area contributed by atoms with Gasteiger partial charge in [-0.15, -0.1) is 0 Å². The molecule has 0 fully saturated rings. The van der Waals surface area contributed by atoms with Crippen molar-refractivity contribution in [1.29, 1.82) is 0 Å². The molecule has 4 amide bonds. The van der Waals surface area contributed by atoms with Crippen LogP contribution >= 0.6 is 0 Å². The lowest BCUT2D eigenvalue weighted by Gasteiger charge is -2.28. The van der Waals surface area contributed by atoms with Crippen molar-refractivity contribution < 1.29 is 14.4 Å². The normalized spacial score (nSPS) is 17.4. The maximum Gasteiger partial charge on any atom is 0.319 e. The molecular weight excluding hydrogens is 464 g/mol. The zero-order valence-corrected chi connectivity index (χ0v) is 21.7. The first kappa shape index (κ1) is 25.9. The molecular formula is C30H34N4O3. The summed E-state index contributed by atoms with van der Waals surface area (Å²) in [6.07, 6.45) is 0.360. The van der Waals surface area contributed by atoms with Crippen LogP contribution in [0.1, 0.15) is 49.8 Å². The number of aryl methyl sites for hydroxylation is 1. The fourth-order valence-electron chi connectivity index (χ4n) is 4.73. The molecule has 4 rings (SSSR count). The number of hydrogen-bond donors (Lipinski definition) is 3. The van der Waals surface area contributed by atoms with E-state index in [9.17, 15) is 14.4 Å². The summed E-state index contributed by atoms with van der Waals surface area (Å²) in [5.74, 6) is -0.743. The van der Waals surface area contributed by atoms with Gasteiger partial charge in [0.15, 0.2) is 0 Å². The zero-order chi connectivity index (χ0) is 26.6. The van der Waals surface area contributed by atoms with Crippen molar-refractivity contribution in [2.24, 2.45) is 0 Å². The van der Waals surface area contributed by atoms with Crippen molar-refractivity contribution >= 4 is 29.2 Å². The minimum absolute atomic E-state index is 0.147. The topological polar surface area (TPSA) is 90.5 Å². The Balaban J connectivity index is 1.69. The predicted octanol–water partition coefficient (Wildman–Crippen LogP) is 4.97. The number of hydrogen-bond acceptors (Lipinski definition) is 3. The molecule has 7 heteroatoms. The van der Waals surface area contributed by atoms with E-state index in [1.807, 2.05) is 100 Å². The Morgan fingerprint density at radius 3 is 2.35 bits per heavy atom. The first-order valence-corrected chi connectivity index (χ1v) is 12.5. The second-order valence-corrected chi connectivity index (χ2v) is 10.5. The first-order chi connectivity index (χ1) is 17.6. The van der Waals surface area contributed by atoms with Crippen LogP contribution in [0.4, 0.5) is 16.2 Å². The van der Waals surface area contributed by atoms with Gasteiger partial charge in [0.2, 0.25) is 11.8 Å². The highest BCUT2D eigenvalue weighted by atomic mass is 16.2. The second-order valence-electron chi connectivity index (χ2n) is 10.5. The van der Waals surface area contributed by atoms with Crippen LogP contribution in [0, 0.1) is 6.92 Å². The van der Waals surface area contributed by atoms with Gasteiger partial charge in [0.25, 0.3) is 0 Å². The van der Waals surface area contributed by atoms with Crippen molar-refractivity contribution in [3.05, 3.63) is 95.6 Å². The number of fused-ring (bicyclic) bond motifs is 1. The summed E-state index contributed by atoms with van der Waals surface area (Å²) in [5, 5.41) is 8.67. The van der Waals surface area contributed by atoms with Gasteiger partial charge < -0.3 is 20.9 Å². The molecule has 0 saturated carbocycles. The van der Waals surface area contributed by atoms with E-state index in [1.54, 1.807) is 6.07 Å². The van der Waals surface area contributed by atoms with Crippen LogP contribution in [0.2, 0.25) is 0 Å². The third-order valence-corrected chi connectivity index (χ3v) is 6.24. The summed E-state index contributed by atoms with van der Waals surface area (Å²) < 4.78 is 0. The number of anilines is 2. The Morgan fingerprint density at radius 1 is 0.946 bits per heavy atom. The monoisotopic (exact) mass is 498 g/mol. The molecule has 3 aromatic carbocycles.